The maximum absolute atomic E-state index is 12.5. The minimum Gasteiger partial charge on any atom is -0.358 e. The first-order valence-corrected chi connectivity index (χ1v) is 8.54. The second kappa shape index (κ2) is 5.34. The van der Waals surface area contributed by atoms with Gasteiger partial charge in [-0.3, -0.25) is 0 Å². The van der Waals surface area contributed by atoms with Crippen LogP contribution in [0.25, 0.3) is 10.9 Å². The van der Waals surface area contributed by atoms with Gasteiger partial charge in [0, 0.05) is 28.4 Å². The number of nitrogens with one attached hydrogen (secondary N) is 1. The second-order valence-corrected chi connectivity index (χ2v) is 7.46. The summed E-state index contributed by atoms with van der Waals surface area (Å²) in [6, 6.07) is 13.4. The van der Waals surface area contributed by atoms with E-state index in [1.165, 1.54) is 12.1 Å². The van der Waals surface area contributed by atoms with Crippen molar-refractivity contribution in [2.75, 3.05) is 3.82 Å². The lowest BCUT2D eigenvalue weighted by molar-refractivity contribution is 0.598. The summed E-state index contributed by atoms with van der Waals surface area (Å²) in [5, 5.41) is 0.962. The van der Waals surface area contributed by atoms with Gasteiger partial charge in [-0.15, -0.1) is 0 Å². The molecule has 0 amide bonds. The predicted molar refractivity (Wildman–Crippen MR) is 89.7 cm³/mol. The molecule has 114 valence electrons. The fourth-order valence-corrected chi connectivity index (χ4v) is 3.80. The van der Waals surface area contributed by atoms with E-state index in [0.717, 1.165) is 26.0 Å². The number of aromatic nitrogens is 1. The van der Waals surface area contributed by atoms with Gasteiger partial charge in [-0.05, 0) is 49.7 Å². The molecule has 0 atom stereocenters. The normalized spacial score (nSPS) is 11.8. The molecule has 4 nitrogen and oxygen atoms in total. The molecule has 0 radical (unpaired) electrons. The number of halogens is 1. The first kappa shape index (κ1) is 14.9. The quantitative estimate of drug-likeness (QED) is 0.732. The van der Waals surface area contributed by atoms with Gasteiger partial charge in [-0.25, -0.2) is 0 Å². The van der Waals surface area contributed by atoms with E-state index in [1.54, 1.807) is 30.3 Å². The highest BCUT2D eigenvalue weighted by atomic mass is 35.5. The van der Waals surface area contributed by atoms with Gasteiger partial charge in [-0.1, -0.05) is 18.2 Å². The summed E-state index contributed by atoms with van der Waals surface area (Å²) in [5.41, 5.74) is 3.51. The van der Waals surface area contributed by atoms with Crippen molar-refractivity contribution in [2.45, 2.75) is 18.7 Å². The molecule has 0 bridgehead atoms. The molecule has 0 unspecified atom stereocenters. The average Bonchev–Trinajstić information content (AvgIpc) is 2.82. The molecule has 1 heterocycles. The summed E-state index contributed by atoms with van der Waals surface area (Å²) in [7, 11) is -3.78. The Morgan fingerprint density at radius 3 is 2.41 bits per heavy atom. The lowest BCUT2D eigenvalue weighted by Crippen LogP contribution is -2.21. The summed E-state index contributed by atoms with van der Waals surface area (Å²) >= 11 is 6.13. The van der Waals surface area contributed by atoms with Gasteiger partial charge in [0.2, 0.25) is 0 Å². The molecule has 0 fully saturated rings. The van der Waals surface area contributed by atoms with Crippen LogP contribution in [0.1, 0.15) is 11.3 Å². The minimum atomic E-state index is -3.78. The third-order valence-electron chi connectivity index (χ3n) is 3.75. The van der Waals surface area contributed by atoms with Crippen molar-refractivity contribution in [1.82, 2.24) is 4.98 Å². The lowest BCUT2D eigenvalue weighted by Gasteiger charge is -2.16. The van der Waals surface area contributed by atoms with Crippen LogP contribution in [0.15, 0.2) is 53.4 Å². The molecular formula is C16H15ClN2O2S. The van der Waals surface area contributed by atoms with E-state index in [-0.39, 0.29) is 4.90 Å². The number of aryl methyl sites for hydroxylation is 2. The van der Waals surface area contributed by atoms with Crippen molar-refractivity contribution in [3.05, 3.63) is 59.8 Å². The molecule has 2 aromatic carbocycles. The standard InChI is InChI=1S/C16H15ClN2O2S/c1-11-12(2)18-16-9-8-13(10-15(11)16)19(17)22(20,21)14-6-4-3-5-7-14/h3-10,18H,1-2H3. The van der Waals surface area contributed by atoms with Gasteiger partial charge in [-0.2, -0.15) is 12.2 Å². The number of benzene rings is 2. The second-order valence-electron chi connectivity index (χ2n) is 5.14. The minimum absolute atomic E-state index is 0.159. The van der Waals surface area contributed by atoms with Crippen molar-refractivity contribution in [3.8, 4) is 0 Å². The number of sulfonamides is 1. The third kappa shape index (κ3) is 2.36. The van der Waals surface area contributed by atoms with Crippen LogP contribution >= 0.6 is 11.8 Å². The fourth-order valence-electron chi connectivity index (χ4n) is 2.38. The van der Waals surface area contributed by atoms with Gasteiger partial charge in [0.25, 0.3) is 10.0 Å². The van der Waals surface area contributed by atoms with E-state index in [2.05, 4.69) is 4.98 Å². The Bertz CT molecular complexity index is 933. The molecule has 0 aliphatic rings. The first-order valence-electron chi connectivity index (χ1n) is 6.76. The molecule has 3 aromatic rings. The van der Waals surface area contributed by atoms with Crippen molar-refractivity contribution < 1.29 is 8.42 Å². The van der Waals surface area contributed by atoms with E-state index in [4.69, 9.17) is 11.8 Å². The summed E-state index contributed by atoms with van der Waals surface area (Å²) in [5.74, 6) is 0. The van der Waals surface area contributed by atoms with Crippen molar-refractivity contribution in [3.63, 3.8) is 0 Å². The molecule has 1 aromatic heterocycles. The molecule has 1 N–H and O–H groups in total. The molecule has 3 rings (SSSR count). The molecule has 0 spiro atoms. The highest BCUT2D eigenvalue weighted by Crippen LogP contribution is 2.30. The fraction of sp³-hybridized carbons (Fsp3) is 0.125. The largest absolute Gasteiger partial charge is 0.358 e. The van der Waals surface area contributed by atoms with Gasteiger partial charge >= 0.3 is 0 Å². The van der Waals surface area contributed by atoms with Crippen LogP contribution in [0.3, 0.4) is 0 Å². The monoisotopic (exact) mass is 334 g/mol. The number of fused-ring (bicyclic) bond motifs is 1. The van der Waals surface area contributed by atoms with Crippen LogP contribution in [0, 0.1) is 13.8 Å². The number of anilines is 1. The molecule has 0 aliphatic carbocycles. The Hall–Kier alpha value is -1.98. The Morgan fingerprint density at radius 1 is 1.05 bits per heavy atom. The van der Waals surface area contributed by atoms with E-state index >= 15 is 0 Å². The zero-order valence-corrected chi connectivity index (χ0v) is 13.7. The van der Waals surface area contributed by atoms with Crippen molar-refractivity contribution in [2.24, 2.45) is 0 Å². The van der Waals surface area contributed by atoms with Crippen LogP contribution in [0.2, 0.25) is 0 Å². The van der Waals surface area contributed by atoms with Gasteiger partial charge in [0.1, 0.15) is 0 Å². The van der Waals surface area contributed by atoms with Crippen molar-refractivity contribution in [1.29, 1.82) is 0 Å². The maximum atomic E-state index is 12.5. The first-order chi connectivity index (χ1) is 10.4. The van der Waals surface area contributed by atoms with E-state index < -0.39 is 10.0 Å². The Kier molecular flexibility index (Phi) is 3.62. The third-order valence-corrected chi connectivity index (χ3v) is 5.99. The Balaban J connectivity index is 2.09. The topological polar surface area (TPSA) is 53.2 Å². The Labute approximate surface area is 134 Å². The number of hydrogen-bond donors (Lipinski definition) is 1. The zero-order chi connectivity index (χ0) is 15.9. The maximum Gasteiger partial charge on any atom is 0.278 e. The van der Waals surface area contributed by atoms with Crippen LogP contribution in [0.4, 0.5) is 5.69 Å². The number of H-pyrrole nitrogens is 1. The van der Waals surface area contributed by atoms with Crippen LogP contribution in [-0.4, -0.2) is 13.4 Å². The summed E-state index contributed by atoms with van der Waals surface area (Å²) in [4.78, 5) is 3.41. The van der Waals surface area contributed by atoms with Gasteiger partial charge < -0.3 is 4.98 Å². The molecular weight excluding hydrogens is 320 g/mol. The molecule has 6 heteroatoms. The number of aromatic amines is 1. The summed E-state index contributed by atoms with van der Waals surface area (Å²) < 4.78 is 25.9. The van der Waals surface area contributed by atoms with Gasteiger partial charge in [0.05, 0.1) is 10.6 Å². The molecule has 22 heavy (non-hydrogen) atoms. The van der Waals surface area contributed by atoms with E-state index in [9.17, 15) is 8.42 Å². The zero-order valence-electron chi connectivity index (χ0n) is 12.2. The SMILES string of the molecule is Cc1[nH]c2ccc(N(Cl)S(=O)(=O)c3ccccc3)cc2c1C. The van der Waals surface area contributed by atoms with Crippen LogP contribution < -0.4 is 3.82 Å². The number of nitrogens with zero attached hydrogens (tertiary/aromatic N) is 1. The molecule has 0 saturated heterocycles. The molecule has 0 saturated carbocycles. The highest BCUT2D eigenvalue weighted by molar-refractivity contribution is 7.94. The van der Waals surface area contributed by atoms with Gasteiger partial charge in [0.15, 0.2) is 0 Å². The number of hydrogen-bond acceptors (Lipinski definition) is 2. The van der Waals surface area contributed by atoms with Crippen LogP contribution in [0.5, 0.6) is 0 Å². The van der Waals surface area contributed by atoms with E-state index in [0.29, 0.717) is 5.69 Å². The lowest BCUT2D eigenvalue weighted by atomic mass is 10.1. The summed E-state index contributed by atoms with van der Waals surface area (Å²) in [6.07, 6.45) is 0. The average molecular weight is 335 g/mol. The number of rotatable bonds is 3. The molecule has 0 aliphatic heterocycles. The summed E-state index contributed by atoms with van der Waals surface area (Å²) in [6.45, 7) is 3.97. The van der Waals surface area contributed by atoms with E-state index in [1.807, 2.05) is 19.9 Å². The highest BCUT2D eigenvalue weighted by Gasteiger charge is 2.23. The smallest absolute Gasteiger partial charge is 0.278 e. The predicted octanol–water partition coefficient (Wildman–Crippen LogP) is 4.13. The van der Waals surface area contributed by atoms with Crippen molar-refractivity contribution >= 4 is 38.4 Å². The van der Waals surface area contributed by atoms with Crippen LogP contribution in [-0.2, 0) is 10.0 Å². The Morgan fingerprint density at radius 2 is 1.73 bits per heavy atom.